The fraction of sp³-hybridized carbons (Fsp3) is 0.143. The first kappa shape index (κ1) is 26.9. The molecule has 0 fully saturated rings. The summed E-state index contributed by atoms with van der Waals surface area (Å²) in [6, 6.07) is 47.4. The predicted molar refractivity (Wildman–Crippen MR) is 198 cm³/mol. The van der Waals surface area contributed by atoms with Gasteiger partial charge in [-0.15, -0.1) is 22.7 Å². The molecule has 1 aliphatic rings. The van der Waals surface area contributed by atoms with Gasteiger partial charge in [0.15, 0.2) is 0 Å². The maximum atomic E-state index is 2.48. The highest BCUT2D eigenvalue weighted by atomic mass is 32.1. The summed E-state index contributed by atoms with van der Waals surface area (Å²) in [4.78, 5) is 2.44. The zero-order valence-corrected chi connectivity index (χ0v) is 27.5. The summed E-state index contributed by atoms with van der Waals surface area (Å²) < 4.78 is 5.42. The third kappa shape index (κ3) is 3.78. The summed E-state index contributed by atoms with van der Waals surface area (Å²) in [5.41, 5.74) is 9.01. The van der Waals surface area contributed by atoms with Crippen molar-refractivity contribution in [3.05, 3.63) is 139 Å². The van der Waals surface area contributed by atoms with E-state index in [0.717, 1.165) is 5.69 Å². The van der Waals surface area contributed by atoms with E-state index in [-0.39, 0.29) is 10.8 Å². The Balaban J connectivity index is 1.30. The third-order valence-corrected chi connectivity index (χ3v) is 13.0. The average molecular weight is 616 g/mol. The second-order valence-corrected chi connectivity index (χ2v) is 15.5. The Morgan fingerprint density at radius 1 is 0.444 bits per heavy atom. The van der Waals surface area contributed by atoms with Crippen LogP contribution in [0, 0.1) is 0 Å². The molecule has 0 unspecified atom stereocenters. The van der Waals surface area contributed by atoms with Crippen molar-refractivity contribution in [2.24, 2.45) is 0 Å². The molecule has 9 rings (SSSR count). The second kappa shape index (κ2) is 9.53. The zero-order chi connectivity index (χ0) is 30.5. The molecule has 1 nitrogen and oxygen atoms in total. The third-order valence-electron chi connectivity index (χ3n) is 10.6. The molecule has 0 bridgehead atoms. The fourth-order valence-corrected chi connectivity index (χ4v) is 9.89. The van der Waals surface area contributed by atoms with E-state index in [1.165, 1.54) is 74.0 Å². The van der Waals surface area contributed by atoms with Crippen molar-refractivity contribution >= 4 is 80.1 Å². The number of rotatable bonds is 3. The lowest BCUT2D eigenvalue weighted by Crippen LogP contribution is -2.43. The van der Waals surface area contributed by atoms with Crippen molar-refractivity contribution < 1.29 is 0 Å². The molecule has 0 saturated heterocycles. The molecule has 45 heavy (non-hydrogen) atoms. The van der Waals surface area contributed by atoms with Gasteiger partial charge in [0.1, 0.15) is 0 Å². The van der Waals surface area contributed by atoms with Crippen molar-refractivity contribution in [1.29, 1.82) is 0 Å². The van der Waals surface area contributed by atoms with Crippen LogP contribution in [0.3, 0.4) is 0 Å². The minimum Gasteiger partial charge on any atom is -0.310 e. The first-order valence-electron chi connectivity index (χ1n) is 15.7. The Morgan fingerprint density at radius 3 is 1.82 bits per heavy atom. The lowest BCUT2D eigenvalue weighted by atomic mass is 9.55. The number of fused-ring (bicyclic) bond motifs is 10. The van der Waals surface area contributed by atoms with Gasteiger partial charge >= 0.3 is 0 Å². The molecular weight excluding hydrogens is 583 g/mol. The fourth-order valence-electron chi connectivity index (χ4n) is 7.53. The van der Waals surface area contributed by atoms with Crippen LogP contribution in [0.5, 0.6) is 0 Å². The first-order chi connectivity index (χ1) is 21.8. The minimum atomic E-state index is -0.0917. The number of anilines is 3. The summed E-state index contributed by atoms with van der Waals surface area (Å²) >= 11 is 3.81. The Bertz CT molecular complexity index is 2440. The Morgan fingerprint density at radius 2 is 1.04 bits per heavy atom. The van der Waals surface area contributed by atoms with E-state index in [1.807, 2.05) is 22.7 Å². The van der Waals surface area contributed by atoms with Gasteiger partial charge < -0.3 is 4.90 Å². The molecule has 0 saturated carbocycles. The number of hydrogen-bond donors (Lipinski definition) is 0. The molecule has 0 atom stereocenters. The normalized spacial score (nSPS) is 15.0. The summed E-state index contributed by atoms with van der Waals surface area (Å²) in [6.07, 6.45) is 0. The largest absolute Gasteiger partial charge is 0.310 e. The first-order valence-corrected chi connectivity index (χ1v) is 17.3. The highest BCUT2D eigenvalue weighted by Gasteiger charge is 2.46. The number of hydrogen-bond acceptors (Lipinski definition) is 3. The smallest absolute Gasteiger partial charge is 0.0468 e. The topological polar surface area (TPSA) is 3.24 Å². The van der Waals surface area contributed by atoms with Crippen LogP contribution in [0.1, 0.15) is 38.8 Å². The van der Waals surface area contributed by atoms with E-state index in [0.29, 0.717) is 0 Å². The maximum absolute atomic E-state index is 2.48. The molecule has 3 heteroatoms. The van der Waals surface area contributed by atoms with E-state index in [1.54, 1.807) is 0 Å². The van der Waals surface area contributed by atoms with Crippen LogP contribution in [-0.4, -0.2) is 0 Å². The van der Waals surface area contributed by atoms with E-state index >= 15 is 0 Å². The lowest BCUT2D eigenvalue weighted by molar-refractivity contribution is 0.299. The number of benzene rings is 6. The molecule has 2 heterocycles. The van der Waals surface area contributed by atoms with Gasteiger partial charge in [0.2, 0.25) is 0 Å². The van der Waals surface area contributed by atoms with Crippen molar-refractivity contribution in [3.63, 3.8) is 0 Å². The lowest BCUT2D eigenvalue weighted by Gasteiger charge is -2.48. The molecule has 2 aromatic heterocycles. The van der Waals surface area contributed by atoms with Gasteiger partial charge in [0.25, 0.3) is 0 Å². The quantitative estimate of drug-likeness (QED) is 0.191. The summed E-state index contributed by atoms with van der Waals surface area (Å²) in [5, 5.41) is 5.36. The van der Waals surface area contributed by atoms with Crippen molar-refractivity contribution in [1.82, 2.24) is 0 Å². The average Bonchev–Trinajstić information content (AvgIpc) is 3.63. The van der Waals surface area contributed by atoms with Crippen molar-refractivity contribution in [3.8, 4) is 11.1 Å². The molecular formula is C42H33NS2. The van der Waals surface area contributed by atoms with Gasteiger partial charge in [-0.2, -0.15) is 0 Å². The summed E-state index contributed by atoms with van der Waals surface area (Å²) in [5.74, 6) is 0. The zero-order valence-electron chi connectivity index (χ0n) is 25.9. The van der Waals surface area contributed by atoms with Crippen molar-refractivity contribution in [2.75, 3.05) is 4.90 Å². The standard InChI is InChI=1S/C42H33NS2/c1-41(2)34-22-21-31-29-14-8-11-17-37(29)45-40(31)39(34)32-20-18-28(25-35(32)42(41,3)4)43(26-12-6-5-7-13-26)27-19-23-38-33(24-27)30-15-9-10-16-36(30)44-38/h5-25H,1-4H3. The van der Waals surface area contributed by atoms with Crippen LogP contribution in [0.4, 0.5) is 17.1 Å². The monoisotopic (exact) mass is 615 g/mol. The van der Waals surface area contributed by atoms with Gasteiger partial charge in [0, 0.05) is 63.0 Å². The molecule has 0 aliphatic heterocycles. The Kier molecular flexibility index (Phi) is 5.70. The van der Waals surface area contributed by atoms with Gasteiger partial charge in [-0.25, -0.2) is 0 Å². The maximum Gasteiger partial charge on any atom is 0.0468 e. The molecule has 0 N–H and O–H groups in total. The van der Waals surface area contributed by atoms with Gasteiger partial charge in [0.05, 0.1) is 0 Å². The van der Waals surface area contributed by atoms with Crippen LogP contribution < -0.4 is 4.90 Å². The molecule has 0 radical (unpaired) electrons. The van der Waals surface area contributed by atoms with E-state index in [4.69, 9.17) is 0 Å². The van der Waals surface area contributed by atoms with Crippen LogP contribution >= 0.6 is 22.7 Å². The van der Waals surface area contributed by atoms with Gasteiger partial charge in [-0.05, 0) is 82.1 Å². The van der Waals surface area contributed by atoms with E-state index in [9.17, 15) is 0 Å². The molecule has 6 aromatic carbocycles. The predicted octanol–water partition coefficient (Wildman–Crippen LogP) is 13.1. The molecule has 0 spiro atoms. The summed E-state index contributed by atoms with van der Waals surface area (Å²) in [7, 11) is 0. The van der Waals surface area contributed by atoms with Gasteiger partial charge in [-0.1, -0.05) is 100 Å². The van der Waals surface area contributed by atoms with Crippen molar-refractivity contribution in [2.45, 2.75) is 38.5 Å². The van der Waals surface area contributed by atoms with Crippen LogP contribution in [0.2, 0.25) is 0 Å². The number of thiophene rings is 2. The Labute approximate surface area is 272 Å². The molecule has 8 aromatic rings. The molecule has 218 valence electrons. The van der Waals surface area contributed by atoms with E-state index in [2.05, 4.69) is 160 Å². The minimum absolute atomic E-state index is 0.0651. The SMILES string of the molecule is CC1(C)c2cc(N(c3ccccc3)c3ccc4sc5ccccc5c4c3)ccc2-c2c(ccc3c2sc2ccccc23)C1(C)C. The number of para-hydroxylation sites is 1. The summed E-state index contributed by atoms with van der Waals surface area (Å²) in [6.45, 7) is 9.74. The van der Waals surface area contributed by atoms with E-state index < -0.39 is 0 Å². The second-order valence-electron chi connectivity index (χ2n) is 13.4. The highest BCUT2D eigenvalue weighted by Crippen LogP contribution is 2.58. The van der Waals surface area contributed by atoms with Crippen LogP contribution in [0.25, 0.3) is 51.5 Å². The van der Waals surface area contributed by atoms with Crippen LogP contribution in [0.15, 0.2) is 127 Å². The highest BCUT2D eigenvalue weighted by molar-refractivity contribution is 7.26. The Hall–Kier alpha value is -4.44. The number of nitrogens with zero attached hydrogens (tertiary/aromatic N) is 1. The van der Waals surface area contributed by atoms with Gasteiger partial charge in [-0.3, -0.25) is 0 Å². The molecule has 1 aliphatic carbocycles. The molecule has 0 amide bonds. The van der Waals surface area contributed by atoms with Crippen LogP contribution in [-0.2, 0) is 10.8 Å².